The van der Waals surface area contributed by atoms with E-state index in [-0.39, 0.29) is 0 Å². The molecule has 0 bridgehead atoms. The third-order valence-corrected chi connectivity index (χ3v) is 3.49. The zero-order valence-electron chi connectivity index (χ0n) is 11.6. The fourth-order valence-corrected chi connectivity index (χ4v) is 2.75. The fraction of sp³-hybridized carbons (Fsp3) is 1.00. The normalized spacial score (nSPS) is 24.9. The van der Waals surface area contributed by atoms with Crippen LogP contribution in [0, 0.1) is 11.8 Å². The summed E-state index contributed by atoms with van der Waals surface area (Å²) in [7, 11) is 0. The molecule has 1 fully saturated rings. The molecule has 0 radical (unpaired) electrons. The lowest BCUT2D eigenvalue weighted by molar-refractivity contribution is 0.182. The average molecular weight is 226 g/mol. The van der Waals surface area contributed by atoms with Crippen LogP contribution in [0.2, 0.25) is 0 Å². The summed E-state index contributed by atoms with van der Waals surface area (Å²) in [6.07, 6.45) is 4.10. The van der Waals surface area contributed by atoms with Crippen LogP contribution in [0.15, 0.2) is 0 Å². The van der Waals surface area contributed by atoms with Gasteiger partial charge in [0.1, 0.15) is 0 Å². The van der Waals surface area contributed by atoms with Crippen LogP contribution in [0.5, 0.6) is 0 Å². The average Bonchev–Trinajstić information content (AvgIpc) is 2.16. The molecular formula is C14H30N2. The van der Waals surface area contributed by atoms with Gasteiger partial charge in [0.25, 0.3) is 0 Å². The van der Waals surface area contributed by atoms with E-state index in [4.69, 9.17) is 0 Å². The van der Waals surface area contributed by atoms with Crippen LogP contribution in [-0.4, -0.2) is 37.1 Å². The van der Waals surface area contributed by atoms with Crippen molar-refractivity contribution in [1.29, 1.82) is 0 Å². The van der Waals surface area contributed by atoms with Crippen molar-refractivity contribution < 1.29 is 0 Å². The molecule has 96 valence electrons. The first-order valence-corrected chi connectivity index (χ1v) is 7.03. The highest BCUT2D eigenvalue weighted by Crippen LogP contribution is 2.14. The van der Waals surface area contributed by atoms with E-state index in [9.17, 15) is 0 Å². The first-order valence-electron chi connectivity index (χ1n) is 7.03. The molecule has 0 spiro atoms. The molecule has 0 aliphatic carbocycles. The third-order valence-electron chi connectivity index (χ3n) is 3.49. The van der Waals surface area contributed by atoms with Crippen LogP contribution in [0.25, 0.3) is 0 Å². The molecule has 1 N–H and O–H groups in total. The van der Waals surface area contributed by atoms with Crippen LogP contribution in [0.4, 0.5) is 0 Å². The Labute approximate surface area is 102 Å². The SMILES string of the molecule is CC(C)CC(C)NCCN1CCCC(C)C1. The lowest BCUT2D eigenvalue weighted by Gasteiger charge is -2.31. The largest absolute Gasteiger partial charge is 0.313 e. The molecule has 1 heterocycles. The molecule has 2 heteroatoms. The molecule has 0 saturated carbocycles. The lowest BCUT2D eigenvalue weighted by atomic mass is 10.0. The number of hydrogen-bond donors (Lipinski definition) is 1. The molecule has 1 rings (SSSR count). The van der Waals surface area contributed by atoms with Gasteiger partial charge in [-0.2, -0.15) is 0 Å². The van der Waals surface area contributed by atoms with Crippen molar-refractivity contribution in [2.24, 2.45) is 11.8 Å². The maximum Gasteiger partial charge on any atom is 0.0107 e. The highest BCUT2D eigenvalue weighted by molar-refractivity contribution is 4.71. The second-order valence-corrected chi connectivity index (χ2v) is 6.03. The zero-order valence-corrected chi connectivity index (χ0v) is 11.6. The number of rotatable bonds is 6. The van der Waals surface area contributed by atoms with Gasteiger partial charge >= 0.3 is 0 Å². The summed E-state index contributed by atoms with van der Waals surface area (Å²) in [4.78, 5) is 2.61. The summed E-state index contributed by atoms with van der Waals surface area (Å²) in [6, 6.07) is 0.669. The molecule has 2 unspecified atom stereocenters. The molecule has 0 aromatic carbocycles. The van der Waals surface area contributed by atoms with Crippen molar-refractivity contribution in [3.8, 4) is 0 Å². The molecule has 1 saturated heterocycles. The zero-order chi connectivity index (χ0) is 12.0. The Morgan fingerprint density at radius 1 is 1.31 bits per heavy atom. The van der Waals surface area contributed by atoms with Gasteiger partial charge in [-0.05, 0) is 44.6 Å². The topological polar surface area (TPSA) is 15.3 Å². The van der Waals surface area contributed by atoms with E-state index in [1.165, 1.54) is 38.9 Å². The summed E-state index contributed by atoms with van der Waals surface area (Å²) >= 11 is 0. The van der Waals surface area contributed by atoms with Crippen LogP contribution < -0.4 is 5.32 Å². The van der Waals surface area contributed by atoms with Crippen molar-refractivity contribution in [3.63, 3.8) is 0 Å². The van der Waals surface area contributed by atoms with Crippen LogP contribution in [0.3, 0.4) is 0 Å². The molecule has 2 nitrogen and oxygen atoms in total. The molecule has 2 atom stereocenters. The maximum atomic E-state index is 3.63. The Balaban J connectivity index is 2.05. The number of hydrogen-bond acceptors (Lipinski definition) is 2. The van der Waals surface area contributed by atoms with Gasteiger partial charge in [-0.3, -0.25) is 0 Å². The Kier molecular flexibility index (Phi) is 6.37. The monoisotopic (exact) mass is 226 g/mol. The van der Waals surface area contributed by atoms with Gasteiger partial charge in [-0.25, -0.2) is 0 Å². The highest BCUT2D eigenvalue weighted by atomic mass is 15.1. The summed E-state index contributed by atoms with van der Waals surface area (Å²) in [6.45, 7) is 14.3. The summed E-state index contributed by atoms with van der Waals surface area (Å²) in [5.74, 6) is 1.71. The second kappa shape index (κ2) is 7.29. The molecule has 0 amide bonds. The molecule has 0 aromatic heterocycles. The molecule has 16 heavy (non-hydrogen) atoms. The van der Waals surface area contributed by atoms with Crippen molar-refractivity contribution >= 4 is 0 Å². The standard InChI is InChI=1S/C14H30N2/c1-12(2)10-14(4)15-7-9-16-8-5-6-13(3)11-16/h12-15H,5-11H2,1-4H3. The van der Waals surface area contributed by atoms with Crippen molar-refractivity contribution in [2.75, 3.05) is 26.2 Å². The molecule has 0 aromatic rings. The van der Waals surface area contributed by atoms with Gasteiger partial charge in [0.2, 0.25) is 0 Å². The van der Waals surface area contributed by atoms with E-state index in [2.05, 4.69) is 37.9 Å². The fourth-order valence-electron chi connectivity index (χ4n) is 2.75. The first kappa shape index (κ1) is 14.0. The Morgan fingerprint density at radius 3 is 2.69 bits per heavy atom. The van der Waals surface area contributed by atoms with Crippen LogP contribution in [0.1, 0.15) is 47.0 Å². The van der Waals surface area contributed by atoms with Crippen LogP contribution in [-0.2, 0) is 0 Å². The number of piperidine rings is 1. The van der Waals surface area contributed by atoms with E-state index >= 15 is 0 Å². The van der Waals surface area contributed by atoms with Gasteiger partial charge in [-0.1, -0.05) is 20.8 Å². The van der Waals surface area contributed by atoms with Crippen molar-refractivity contribution in [1.82, 2.24) is 10.2 Å². The Bertz CT molecular complexity index is 180. The third kappa shape index (κ3) is 5.86. The number of nitrogens with zero attached hydrogens (tertiary/aromatic N) is 1. The predicted molar refractivity (Wildman–Crippen MR) is 71.8 cm³/mol. The number of nitrogens with one attached hydrogen (secondary N) is 1. The van der Waals surface area contributed by atoms with E-state index in [0.29, 0.717) is 6.04 Å². The second-order valence-electron chi connectivity index (χ2n) is 6.03. The van der Waals surface area contributed by atoms with E-state index in [1.807, 2.05) is 0 Å². The Morgan fingerprint density at radius 2 is 2.06 bits per heavy atom. The Hall–Kier alpha value is -0.0800. The smallest absolute Gasteiger partial charge is 0.0107 e. The summed E-state index contributed by atoms with van der Waals surface area (Å²) in [5, 5.41) is 3.63. The summed E-state index contributed by atoms with van der Waals surface area (Å²) in [5.41, 5.74) is 0. The van der Waals surface area contributed by atoms with Gasteiger partial charge in [0.15, 0.2) is 0 Å². The maximum absolute atomic E-state index is 3.63. The number of likely N-dealkylation sites (tertiary alicyclic amines) is 1. The predicted octanol–water partition coefficient (Wildman–Crippen LogP) is 2.74. The van der Waals surface area contributed by atoms with Gasteiger partial charge in [0, 0.05) is 25.7 Å². The van der Waals surface area contributed by atoms with E-state index in [0.717, 1.165) is 18.4 Å². The van der Waals surface area contributed by atoms with Crippen molar-refractivity contribution in [2.45, 2.75) is 53.0 Å². The van der Waals surface area contributed by atoms with Gasteiger partial charge < -0.3 is 10.2 Å². The quantitative estimate of drug-likeness (QED) is 0.749. The van der Waals surface area contributed by atoms with E-state index < -0.39 is 0 Å². The van der Waals surface area contributed by atoms with E-state index in [1.54, 1.807) is 0 Å². The molecule has 1 aliphatic heterocycles. The highest BCUT2D eigenvalue weighted by Gasteiger charge is 2.15. The van der Waals surface area contributed by atoms with Crippen LogP contribution >= 0.6 is 0 Å². The molecular weight excluding hydrogens is 196 g/mol. The minimum absolute atomic E-state index is 0.669. The minimum Gasteiger partial charge on any atom is -0.313 e. The van der Waals surface area contributed by atoms with Crippen molar-refractivity contribution in [3.05, 3.63) is 0 Å². The van der Waals surface area contributed by atoms with Gasteiger partial charge in [-0.15, -0.1) is 0 Å². The summed E-state index contributed by atoms with van der Waals surface area (Å²) < 4.78 is 0. The first-order chi connectivity index (χ1) is 7.58. The minimum atomic E-state index is 0.669. The molecule has 1 aliphatic rings. The lowest BCUT2D eigenvalue weighted by Crippen LogP contribution is -2.40. The van der Waals surface area contributed by atoms with Gasteiger partial charge in [0.05, 0.1) is 0 Å².